The number of hydrogen-bond acceptors (Lipinski definition) is 3. The Morgan fingerprint density at radius 3 is 2.12 bits per heavy atom. The number of benzene rings is 3. The molecule has 0 radical (unpaired) electrons. The fraction of sp³-hybridized carbons (Fsp3) is 0.296. The summed E-state index contributed by atoms with van der Waals surface area (Å²) in [5, 5.41) is 12.6. The van der Waals surface area contributed by atoms with Gasteiger partial charge in [0.2, 0.25) is 5.91 Å². The van der Waals surface area contributed by atoms with Crippen molar-refractivity contribution in [1.82, 2.24) is 5.32 Å². The summed E-state index contributed by atoms with van der Waals surface area (Å²) in [7, 11) is 0. The SMILES string of the molecule is O=C(CC(c1ccccc1)c1ccccc1)NCc1ccc(N2CCC(O)CC2)c(F)c1. The maximum absolute atomic E-state index is 14.7. The van der Waals surface area contributed by atoms with Gasteiger partial charge < -0.3 is 15.3 Å². The molecule has 0 aliphatic carbocycles. The zero-order valence-electron chi connectivity index (χ0n) is 18.1. The molecule has 0 atom stereocenters. The van der Waals surface area contributed by atoms with E-state index in [0.29, 0.717) is 38.0 Å². The average Bonchev–Trinajstić information content (AvgIpc) is 2.83. The Labute approximate surface area is 188 Å². The third kappa shape index (κ3) is 5.54. The lowest BCUT2D eigenvalue weighted by atomic mass is 9.88. The molecule has 3 aromatic carbocycles. The molecular weight excluding hydrogens is 403 g/mol. The number of aliphatic hydroxyl groups excluding tert-OH is 1. The molecule has 1 aliphatic rings. The number of hydrogen-bond donors (Lipinski definition) is 2. The minimum Gasteiger partial charge on any atom is -0.393 e. The second kappa shape index (κ2) is 10.4. The van der Waals surface area contributed by atoms with Gasteiger partial charge in [-0.15, -0.1) is 0 Å². The molecule has 0 bridgehead atoms. The van der Waals surface area contributed by atoms with Crippen molar-refractivity contribution in [3.05, 3.63) is 101 Å². The third-order valence-corrected chi connectivity index (χ3v) is 6.10. The Balaban J connectivity index is 1.39. The summed E-state index contributed by atoms with van der Waals surface area (Å²) in [6.45, 7) is 1.58. The first-order chi connectivity index (χ1) is 15.6. The summed E-state index contributed by atoms with van der Waals surface area (Å²) >= 11 is 0. The van der Waals surface area contributed by atoms with Crippen molar-refractivity contribution in [3.63, 3.8) is 0 Å². The summed E-state index contributed by atoms with van der Waals surface area (Å²) in [6.07, 6.45) is 1.34. The van der Waals surface area contributed by atoms with Gasteiger partial charge >= 0.3 is 0 Å². The van der Waals surface area contributed by atoms with Gasteiger partial charge in [0.15, 0.2) is 0 Å². The molecule has 0 spiro atoms. The molecular formula is C27H29FN2O2. The van der Waals surface area contributed by atoms with Crippen LogP contribution < -0.4 is 10.2 Å². The van der Waals surface area contributed by atoms with Crippen LogP contribution in [0.5, 0.6) is 0 Å². The summed E-state index contributed by atoms with van der Waals surface area (Å²) in [5.41, 5.74) is 3.47. The van der Waals surface area contributed by atoms with Gasteiger partial charge in [0, 0.05) is 32.0 Å². The fourth-order valence-electron chi connectivity index (χ4n) is 4.28. The topological polar surface area (TPSA) is 52.6 Å². The largest absolute Gasteiger partial charge is 0.393 e. The maximum atomic E-state index is 14.7. The predicted octanol–water partition coefficient (Wildman–Crippen LogP) is 4.63. The van der Waals surface area contributed by atoms with Gasteiger partial charge in [-0.3, -0.25) is 4.79 Å². The molecule has 3 aromatic rings. The highest BCUT2D eigenvalue weighted by Crippen LogP contribution is 2.28. The first kappa shape index (κ1) is 22.0. The maximum Gasteiger partial charge on any atom is 0.221 e. The fourth-order valence-corrected chi connectivity index (χ4v) is 4.28. The molecule has 5 heteroatoms. The van der Waals surface area contributed by atoms with Crippen molar-refractivity contribution < 1.29 is 14.3 Å². The third-order valence-electron chi connectivity index (χ3n) is 6.10. The van der Waals surface area contributed by atoms with E-state index in [4.69, 9.17) is 0 Å². The van der Waals surface area contributed by atoms with Crippen molar-refractivity contribution in [2.75, 3.05) is 18.0 Å². The van der Waals surface area contributed by atoms with Crippen LogP contribution in [0.2, 0.25) is 0 Å². The van der Waals surface area contributed by atoms with Gasteiger partial charge in [0.1, 0.15) is 5.82 Å². The first-order valence-electron chi connectivity index (χ1n) is 11.2. The molecule has 0 aromatic heterocycles. The molecule has 4 nitrogen and oxygen atoms in total. The zero-order valence-corrected chi connectivity index (χ0v) is 18.1. The zero-order chi connectivity index (χ0) is 22.3. The molecule has 4 rings (SSSR count). The van der Waals surface area contributed by atoms with Gasteiger partial charge in [-0.05, 0) is 41.7 Å². The molecule has 1 fully saturated rings. The lowest BCUT2D eigenvalue weighted by Crippen LogP contribution is -2.36. The molecule has 0 saturated carbocycles. The monoisotopic (exact) mass is 432 g/mol. The van der Waals surface area contributed by atoms with Crippen LogP contribution >= 0.6 is 0 Å². The highest BCUT2D eigenvalue weighted by Gasteiger charge is 2.20. The number of rotatable bonds is 7. The van der Waals surface area contributed by atoms with Crippen LogP contribution in [-0.4, -0.2) is 30.2 Å². The Hall–Kier alpha value is -3.18. The van der Waals surface area contributed by atoms with E-state index >= 15 is 0 Å². The Morgan fingerprint density at radius 1 is 0.969 bits per heavy atom. The summed E-state index contributed by atoms with van der Waals surface area (Å²) in [4.78, 5) is 14.7. The highest BCUT2D eigenvalue weighted by atomic mass is 19.1. The smallest absolute Gasteiger partial charge is 0.221 e. The number of anilines is 1. The first-order valence-corrected chi connectivity index (χ1v) is 11.2. The summed E-state index contributed by atoms with van der Waals surface area (Å²) < 4.78 is 14.7. The molecule has 1 saturated heterocycles. The van der Waals surface area contributed by atoms with E-state index in [0.717, 1.165) is 16.7 Å². The van der Waals surface area contributed by atoms with Crippen LogP contribution in [0.4, 0.5) is 10.1 Å². The van der Waals surface area contributed by atoms with Crippen molar-refractivity contribution in [2.24, 2.45) is 0 Å². The number of aliphatic hydroxyl groups is 1. The number of nitrogens with one attached hydrogen (secondary N) is 1. The van der Waals surface area contributed by atoms with Crippen molar-refractivity contribution in [2.45, 2.75) is 37.8 Å². The number of piperidine rings is 1. The summed E-state index contributed by atoms with van der Waals surface area (Å²) in [6, 6.07) is 25.1. The number of carbonyl (C=O) groups is 1. The van der Waals surface area contributed by atoms with E-state index in [2.05, 4.69) is 5.32 Å². The van der Waals surface area contributed by atoms with E-state index in [1.807, 2.05) is 71.6 Å². The van der Waals surface area contributed by atoms with Crippen molar-refractivity contribution in [1.29, 1.82) is 0 Å². The molecule has 2 N–H and O–H groups in total. The second-order valence-electron chi connectivity index (χ2n) is 8.36. The molecule has 1 amide bonds. The van der Waals surface area contributed by atoms with E-state index in [-0.39, 0.29) is 30.3 Å². The van der Waals surface area contributed by atoms with E-state index in [1.165, 1.54) is 6.07 Å². The molecule has 32 heavy (non-hydrogen) atoms. The average molecular weight is 433 g/mol. The van der Waals surface area contributed by atoms with Gasteiger partial charge in [-0.1, -0.05) is 66.7 Å². The predicted molar refractivity (Wildman–Crippen MR) is 125 cm³/mol. The van der Waals surface area contributed by atoms with Crippen LogP contribution in [0, 0.1) is 5.82 Å². The van der Waals surface area contributed by atoms with Gasteiger partial charge in [-0.25, -0.2) is 4.39 Å². The molecule has 0 unspecified atom stereocenters. The Bertz CT molecular complexity index is 979. The Kier molecular flexibility index (Phi) is 7.17. The highest BCUT2D eigenvalue weighted by molar-refractivity contribution is 5.77. The minimum atomic E-state index is -0.292. The van der Waals surface area contributed by atoms with Crippen LogP contribution in [0.3, 0.4) is 0 Å². The van der Waals surface area contributed by atoms with E-state index < -0.39 is 0 Å². The molecule has 1 aliphatic heterocycles. The number of nitrogens with zero attached hydrogens (tertiary/aromatic N) is 1. The minimum absolute atomic E-state index is 0.0361. The van der Waals surface area contributed by atoms with E-state index in [1.54, 1.807) is 6.07 Å². The van der Waals surface area contributed by atoms with Gasteiger partial charge in [0.05, 0.1) is 11.8 Å². The van der Waals surface area contributed by atoms with Crippen LogP contribution in [0.1, 0.15) is 41.9 Å². The summed E-state index contributed by atoms with van der Waals surface area (Å²) in [5.74, 6) is -0.400. The second-order valence-corrected chi connectivity index (χ2v) is 8.36. The molecule has 1 heterocycles. The van der Waals surface area contributed by atoms with Gasteiger partial charge in [-0.2, -0.15) is 0 Å². The lowest BCUT2D eigenvalue weighted by molar-refractivity contribution is -0.121. The van der Waals surface area contributed by atoms with Crippen LogP contribution in [0.25, 0.3) is 0 Å². The Morgan fingerprint density at radius 2 is 1.56 bits per heavy atom. The lowest BCUT2D eigenvalue weighted by Gasteiger charge is -2.31. The normalized spacial score (nSPS) is 14.5. The number of carbonyl (C=O) groups excluding carboxylic acids is 1. The quantitative estimate of drug-likeness (QED) is 0.573. The van der Waals surface area contributed by atoms with Crippen LogP contribution in [-0.2, 0) is 11.3 Å². The van der Waals surface area contributed by atoms with Crippen LogP contribution in [0.15, 0.2) is 78.9 Å². The van der Waals surface area contributed by atoms with Gasteiger partial charge in [0.25, 0.3) is 0 Å². The number of amides is 1. The molecule has 166 valence electrons. The van der Waals surface area contributed by atoms with Crippen molar-refractivity contribution in [3.8, 4) is 0 Å². The van der Waals surface area contributed by atoms with Crippen molar-refractivity contribution >= 4 is 11.6 Å². The number of halogens is 1. The van der Waals surface area contributed by atoms with E-state index in [9.17, 15) is 14.3 Å². The standard InChI is InChI=1S/C27H29FN2O2/c28-25-17-20(11-12-26(25)30-15-13-23(31)14-16-30)19-29-27(32)18-24(21-7-3-1-4-8-21)22-9-5-2-6-10-22/h1-12,17,23-24,31H,13-16,18-19H2,(H,29,32).